The van der Waals surface area contributed by atoms with Crippen molar-refractivity contribution in [2.24, 2.45) is 0 Å². The Bertz CT molecular complexity index is 372. The number of hydrogen-bond donors (Lipinski definition) is 1. The summed E-state index contributed by atoms with van der Waals surface area (Å²) in [5, 5.41) is 0. The Kier molecular flexibility index (Phi) is 4.21. The van der Waals surface area contributed by atoms with Crippen LogP contribution < -0.4 is 4.74 Å². The lowest BCUT2D eigenvalue weighted by molar-refractivity contribution is 0.0989. The van der Waals surface area contributed by atoms with Gasteiger partial charge in [-0.2, -0.15) is 12.6 Å². The van der Waals surface area contributed by atoms with Gasteiger partial charge in [-0.05, 0) is 42.9 Å². The molecule has 1 aromatic rings. The van der Waals surface area contributed by atoms with E-state index in [1.54, 1.807) is 7.11 Å². The van der Waals surface area contributed by atoms with Crippen molar-refractivity contribution in [2.45, 2.75) is 20.3 Å². The molecule has 0 saturated carbocycles. The molecule has 0 fully saturated rings. The van der Waals surface area contributed by atoms with Gasteiger partial charge >= 0.3 is 0 Å². The van der Waals surface area contributed by atoms with E-state index in [4.69, 9.17) is 4.74 Å². The van der Waals surface area contributed by atoms with Crippen LogP contribution in [0.3, 0.4) is 0 Å². The molecule has 0 aliphatic rings. The van der Waals surface area contributed by atoms with Gasteiger partial charge in [-0.1, -0.05) is 0 Å². The number of carbonyl (C=O) groups excluding carboxylic acids is 1. The number of ether oxygens (including phenoxy) is 1. The van der Waals surface area contributed by atoms with Crippen molar-refractivity contribution in [1.82, 2.24) is 0 Å². The molecule has 0 saturated heterocycles. The van der Waals surface area contributed by atoms with Crippen LogP contribution in [0.25, 0.3) is 0 Å². The maximum Gasteiger partial charge on any atom is 0.163 e. The minimum Gasteiger partial charge on any atom is -0.496 e. The molecule has 0 heterocycles. The highest BCUT2D eigenvalue weighted by molar-refractivity contribution is 7.80. The zero-order valence-electron chi connectivity index (χ0n) is 9.33. The lowest BCUT2D eigenvalue weighted by atomic mass is 9.98. The van der Waals surface area contributed by atoms with Crippen LogP contribution in [0.1, 0.15) is 27.9 Å². The fourth-order valence-electron chi connectivity index (χ4n) is 1.56. The molecule has 0 aromatic heterocycles. The first-order valence-electron chi connectivity index (χ1n) is 4.90. The minimum atomic E-state index is 0.147. The van der Waals surface area contributed by atoms with E-state index in [0.29, 0.717) is 12.2 Å². The lowest BCUT2D eigenvalue weighted by Gasteiger charge is -2.11. The van der Waals surface area contributed by atoms with E-state index in [1.807, 2.05) is 26.0 Å². The van der Waals surface area contributed by atoms with Crippen LogP contribution >= 0.6 is 12.6 Å². The molecule has 0 aliphatic heterocycles. The summed E-state index contributed by atoms with van der Waals surface area (Å²) in [6.45, 7) is 3.91. The number of methoxy groups -OCH3 is 1. The summed E-state index contributed by atoms with van der Waals surface area (Å²) in [4.78, 5) is 11.7. The summed E-state index contributed by atoms with van der Waals surface area (Å²) in [6, 6.07) is 3.67. The van der Waals surface area contributed by atoms with Crippen LogP contribution in [0, 0.1) is 13.8 Å². The zero-order chi connectivity index (χ0) is 11.4. The maximum atomic E-state index is 11.7. The molecule has 0 amide bonds. The second-order valence-electron chi connectivity index (χ2n) is 3.46. The normalized spacial score (nSPS) is 10.1. The van der Waals surface area contributed by atoms with Crippen LogP contribution in [-0.4, -0.2) is 18.6 Å². The van der Waals surface area contributed by atoms with Crippen molar-refractivity contribution in [3.8, 4) is 5.75 Å². The summed E-state index contributed by atoms with van der Waals surface area (Å²) in [5.41, 5.74) is 2.81. The predicted molar refractivity (Wildman–Crippen MR) is 65.3 cm³/mol. The Morgan fingerprint density at radius 1 is 1.33 bits per heavy atom. The highest BCUT2D eigenvalue weighted by Gasteiger charge is 2.12. The van der Waals surface area contributed by atoms with Crippen molar-refractivity contribution < 1.29 is 9.53 Å². The Labute approximate surface area is 96.1 Å². The second-order valence-corrected chi connectivity index (χ2v) is 3.91. The number of rotatable bonds is 4. The van der Waals surface area contributed by atoms with Crippen molar-refractivity contribution >= 4 is 18.4 Å². The largest absolute Gasteiger partial charge is 0.496 e. The highest BCUT2D eigenvalue weighted by atomic mass is 32.1. The fraction of sp³-hybridized carbons (Fsp3) is 0.417. The SMILES string of the molecule is COc1ccc(C(=O)CCS)c(C)c1C. The molecule has 3 heteroatoms. The van der Waals surface area contributed by atoms with Crippen LogP contribution in [0.4, 0.5) is 0 Å². The minimum absolute atomic E-state index is 0.147. The Morgan fingerprint density at radius 2 is 2.00 bits per heavy atom. The van der Waals surface area contributed by atoms with Gasteiger partial charge in [0.1, 0.15) is 5.75 Å². The molecule has 0 unspecified atom stereocenters. The summed E-state index contributed by atoms with van der Waals surface area (Å²) in [6.07, 6.45) is 0.482. The average Bonchev–Trinajstić information content (AvgIpc) is 2.22. The molecule has 0 spiro atoms. The molecule has 1 rings (SSSR count). The summed E-state index contributed by atoms with van der Waals surface area (Å²) < 4.78 is 5.19. The maximum absolute atomic E-state index is 11.7. The number of ketones is 1. The quantitative estimate of drug-likeness (QED) is 0.628. The molecular weight excluding hydrogens is 208 g/mol. The Balaban J connectivity index is 3.11. The molecule has 0 aliphatic carbocycles. The topological polar surface area (TPSA) is 26.3 Å². The first-order chi connectivity index (χ1) is 7.11. The second kappa shape index (κ2) is 5.21. The summed E-state index contributed by atoms with van der Waals surface area (Å²) in [5.74, 6) is 1.56. The van der Waals surface area contributed by atoms with Crippen molar-refractivity contribution in [3.05, 3.63) is 28.8 Å². The predicted octanol–water partition coefficient (Wildman–Crippen LogP) is 2.81. The monoisotopic (exact) mass is 224 g/mol. The third-order valence-electron chi connectivity index (χ3n) is 2.60. The molecule has 0 bridgehead atoms. The van der Waals surface area contributed by atoms with Crippen LogP contribution in [-0.2, 0) is 0 Å². The number of benzene rings is 1. The van der Waals surface area contributed by atoms with Crippen LogP contribution in [0.5, 0.6) is 5.75 Å². The molecular formula is C12H16O2S. The molecule has 2 nitrogen and oxygen atoms in total. The molecule has 0 radical (unpaired) electrons. The number of carbonyl (C=O) groups is 1. The average molecular weight is 224 g/mol. The number of thiol groups is 1. The first-order valence-corrected chi connectivity index (χ1v) is 5.53. The van der Waals surface area contributed by atoms with Gasteiger partial charge in [0.2, 0.25) is 0 Å². The molecule has 82 valence electrons. The van der Waals surface area contributed by atoms with Crippen molar-refractivity contribution in [3.63, 3.8) is 0 Å². The van der Waals surface area contributed by atoms with Gasteiger partial charge in [-0.3, -0.25) is 4.79 Å². The van der Waals surface area contributed by atoms with Crippen LogP contribution in [0.2, 0.25) is 0 Å². The number of hydrogen-bond acceptors (Lipinski definition) is 3. The first kappa shape index (κ1) is 12.1. The van der Waals surface area contributed by atoms with Gasteiger partial charge in [0, 0.05) is 12.0 Å². The standard InChI is InChI=1S/C12H16O2S/c1-8-9(2)12(14-3)5-4-10(8)11(13)6-7-15/h4-5,15H,6-7H2,1-3H3. The zero-order valence-corrected chi connectivity index (χ0v) is 10.2. The number of Topliss-reactive ketones (excluding diaryl/α,β-unsaturated/α-hetero) is 1. The van der Waals surface area contributed by atoms with E-state index in [9.17, 15) is 4.79 Å². The van der Waals surface area contributed by atoms with Gasteiger partial charge in [-0.15, -0.1) is 0 Å². The van der Waals surface area contributed by atoms with E-state index in [0.717, 1.165) is 22.4 Å². The Morgan fingerprint density at radius 3 is 2.53 bits per heavy atom. The molecule has 15 heavy (non-hydrogen) atoms. The third-order valence-corrected chi connectivity index (χ3v) is 2.82. The van der Waals surface area contributed by atoms with Gasteiger partial charge in [0.25, 0.3) is 0 Å². The lowest BCUT2D eigenvalue weighted by Crippen LogP contribution is -2.04. The Hall–Kier alpha value is -0.960. The van der Waals surface area contributed by atoms with Gasteiger partial charge in [-0.25, -0.2) is 0 Å². The van der Waals surface area contributed by atoms with E-state index in [-0.39, 0.29) is 5.78 Å². The van der Waals surface area contributed by atoms with Gasteiger partial charge in [0.15, 0.2) is 5.78 Å². The third kappa shape index (κ3) is 2.53. The molecule has 0 N–H and O–H groups in total. The van der Waals surface area contributed by atoms with Gasteiger partial charge < -0.3 is 4.74 Å². The van der Waals surface area contributed by atoms with E-state index in [2.05, 4.69) is 12.6 Å². The summed E-state index contributed by atoms with van der Waals surface area (Å²) >= 11 is 4.06. The highest BCUT2D eigenvalue weighted by Crippen LogP contribution is 2.24. The smallest absolute Gasteiger partial charge is 0.163 e. The van der Waals surface area contributed by atoms with E-state index in [1.165, 1.54) is 0 Å². The molecule has 1 aromatic carbocycles. The van der Waals surface area contributed by atoms with E-state index >= 15 is 0 Å². The van der Waals surface area contributed by atoms with Crippen molar-refractivity contribution in [2.75, 3.05) is 12.9 Å². The summed E-state index contributed by atoms with van der Waals surface area (Å²) in [7, 11) is 1.64. The van der Waals surface area contributed by atoms with E-state index < -0.39 is 0 Å². The fourth-order valence-corrected chi connectivity index (χ4v) is 1.76. The van der Waals surface area contributed by atoms with Gasteiger partial charge in [0.05, 0.1) is 7.11 Å². The molecule has 0 atom stereocenters. The van der Waals surface area contributed by atoms with Crippen LogP contribution in [0.15, 0.2) is 12.1 Å². The van der Waals surface area contributed by atoms with Crippen molar-refractivity contribution in [1.29, 1.82) is 0 Å².